The van der Waals surface area contributed by atoms with Gasteiger partial charge in [-0.2, -0.15) is 0 Å². The largest absolute Gasteiger partial charge is 0.329 e. The van der Waals surface area contributed by atoms with E-state index in [1.54, 1.807) is 30.4 Å². The van der Waals surface area contributed by atoms with Gasteiger partial charge in [-0.15, -0.1) is 11.8 Å². The Morgan fingerprint density at radius 2 is 1.85 bits per heavy atom. The highest BCUT2D eigenvalue weighted by atomic mass is 32.2. The quantitative estimate of drug-likeness (QED) is 0.404. The van der Waals surface area contributed by atoms with Crippen molar-refractivity contribution in [3.8, 4) is 0 Å². The van der Waals surface area contributed by atoms with Gasteiger partial charge in [0.15, 0.2) is 0 Å². The normalized spacial score (nSPS) is 10.5. The van der Waals surface area contributed by atoms with Crippen molar-refractivity contribution in [3.05, 3.63) is 20.7 Å². The second kappa shape index (κ2) is 3.67. The van der Waals surface area contributed by atoms with Crippen molar-refractivity contribution < 1.29 is 0 Å². The molecule has 0 unspecified atom stereocenters. The molecule has 1 rings (SSSR count). The fourth-order valence-corrected chi connectivity index (χ4v) is 2.28. The van der Waals surface area contributed by atoms with Gasteiger partial charge in [0, 0.05) is 19.7 Å². The Morgan fingerprint density at radius 1 is 1.31 bits per heavy atom. The van der Waals surface area contributed by atoms with Crippen molar-refractivity contribution in [2.45, 2.75) is 11.9 Å². The lowest BCUT2D eigenvalue weighted by molar-refractivity contribution is 0.636. The van der Waals surface area contributed by atoms with Crippen LogP contribution in [0.15, 0.2) is 9.82 Å². The molecule has 72 valence electrons. The third-order valence-corrected chi connectivity index (χ3v) is 3.56. The van der Waals surface area contributed by atoms with Crippen molar-refractivity contribution in [3.63, 3.8) is 0 Å². The maximum Gasteiger partial charge on any atom is 0.329 e. The SMILES string of the molecule is CSc1c(C)c(=S)n(C)c(=O)n1C. The second-order valence-electron chi connectivity index (χ2n) is 2.84. The highest BCUT2D eigenvalue weighted by molar-refractivity contribution is 7.98. The first-order valence-electron chi connectivity index (χ1n) is 3.81. The van der Waals surface area contributed by atoms with Gasteiger partial charge in [0.05, 0.1) is 5.03 Å². The van der Waals surface area contributed by atoms with Crippen LogP contribution in [0.4, 0.5) is 0 Å². The maximum atomic E-state index is 11.6. The molecule has 13 heavy (non-hydrogen) atoms. The van der Waals surface area contributed by atoms with Gasteiger partial charge in [0.25, 0.3) is 0 Å². The minimum Gasteiger partial charge on any atom is -0.291 e. The van der Waals surface area contributed by atoms with Crippen molar-refractivity contribution in [2.75, 3.05) is 6.26 Å². The molecule has 0 aliphatic carbocycles. The summed E-state index contributed by atoms with van der Waals surface area (Å²) < 4.78 is 3.73. The summed E-state index contributed by atoms with van der Waals surface area (Å²) >= 11 is 6.67. The number of nitrogens with zero attached hydrogens (tertiary/aromatic N) is 2. The summed E-state index contributed by atoms with van der Waals surface area (Å²) in [5, 5.41) is 0.938. The van der Waals surface area contributed by atoms with Crippen LogP contribution < -0.4 is 5.69 Å². The molecular weight excluding hydrogens is 204 g/mol. The van der Waals surface area contributed by atoms with Crippen LogP contribution in [0.2, 0.25) is 0 Å². The standard InChI is InChI=1S/C8H12N2OS2/c1-5-6(12)9(2)8(11)10(3)7(5)13-4/h1-4H3. The molecule has 0 amide bonds. The van der Waals surface area contributed by atoms with E-state index in [-0.39, 0.29) is 5.69 Å². The zero-order chi connectivity index (χ0) is 10.2. The number of hydrogen-bond donors (Lipinski definition) is 0. The fourth-order valence-electron chi connectivity index (χ4n) is 1.28. The van der Waals surface area contributed by atoms with Gasteiger partial charge in [0.2, 0.25) is 0 Å². The second-order valence-corrected chi connectivity index (χ2v) is 4.02. The molecule has 5 heteroatoms. The van der Waals surface area contributed by atoms with E-state index in [0.29, 0.717) is 4.64 Å². The van der Waals surface area contributed by atoms with E-state index in [1.165, 1.54) is 4.57 Å². The summed E-state index contributed by atoms with van der Waals surface area (Å²) in [6.45, 7) is 1.94. The summed E-state index contributed by atoms with van der Waals surface area (Å²) in [7, 11) is 3.46. The average Bonchev–Trinajstić information content (AvgIpc) is 2.13. The van der Waals surface area contributed by atoms with Crippen LogP contribution in [0.25, 0.3) is 0 Å². The van der Waals surface area contributed by atoms with Crippen LogP contribution in [-0.4, -0.2) is 15.4 Å². The molecule has 0 bridgehead atoms. The fraction of sp³-hybridized carbons (Fsp3) is 0.500. The highest BCUT2D eigenvalue weighted by Crippen LogP contribution is 2.17. The van der Waals surface area contributed by atoms with Gasteiger partial charge >= 0.3 is 5.69 Å². The van der Waals surface area contributed by atoms with E-state index in [1.807, 2.05) is 13.2 Å². The van der Waals surface area contributed by atoms with E-state index in [2.05, 4.69) is 0 Å². The molecule has 0 spiro atoms. The smallest absolute Gasteiger partial charge is 0.291 e. The van der Waals surface area contributed by atoms with Crippen LogP contribution in [0.3, 0.4) is 0 Å². The first-order chi connectivity index (χ1) is 6.00. The van der Waals surface area contributed by atoms with E-state index in [0.717, 1.165) is 10.6 Å². The number of rotatable bonds is 1. The molecule has 0 N–H and O–H groups in total. The first kappa shape index (κ1) is 10.5. The Morgan fingerprint density at radius 3 is 2.31 bits per heavy atom. The average molecular weight is 216 g/mol. The Hall–Kier alpha value is -0.550. The Bertz CT molecular complexity index is 407. The summed E-state index contributed by atoms with van der Waals surface area (Å²) in [6.07, 6.45) is 1.94. The summed E-state index contributed by atoms with van der Waals surface area (Å²) in [4.78, 5) is 11.6. The topological polar surface area (TPSA) is 26.9 Å². The molecule has 1 aromatic rings. The molecular formula is C8H12N2OS2. The third-order valence-electron chi connectivity index (χ3n) is 2.02. The highest BCUT2D eigenvalue weighted by Gasteiger charge is 2.07. The molecule has 0 fully saturated rings. The van der Waals surface area contributed by atoms with Crippen LogP contribution >= 0.6 is 24.0 Å². The van der Waals surface area contributed by atoms with Crippen molar-refractivity contribution in [1.29, 1.82) is 0 Å². The van der Waals surface area contributed by atoms with Gasteiger partial charge in [-0.05, 0) is 13.2 Å². The van der Waals surface area contributed by atoms with Crippen molar-refractivity contribution in [2.24, 2.45) is 14.1 Å². The van der Waals surface area contributed by atoms with Crippen LogP contribution in [0.1, 0.15) is 5.56 Å². The predicted molar refractivity (Wildman–Crippen MR) is 58.0 cm³/mol. The Labute approximate surface area is 86.4 Å². The van der Waals surface area contributed by atoms with Gasteiger partial charge in [-0.25, -0.2) is 4.79 Å². The molecule has 0 saturated carbocycles. The van der Waals surface area contributed by atoms with E-state index in [4.69, 9.17) is 12.2 Å². The molecule has 1 heterocycles. The van der Waals surface area contributed by atoms with Gasteiger partial charge in [0.1, 0.15) is 4.64 Å². The lowest BCUT2D eigenvalue weighted by Crippen LogP contribution is -2.29. The summed E-state index contributed by atoms with van der Waals surface area (Å²) in [5.41, 5.74) is 0.923. The van der Waals surface area contributed by atoms with Gasteiger partial charge in [-0.3, -0.25) is 9.13 Å². The molecule has 0 atom stereocenters. The molecule has 0 aliphatic rings. The lowest BCUT2D eigenvalue weighted by Gasteiger charge is -2.11. The van der Waals surface area contributed by atoms with E-state index < -0.39 is 0 Å². The zero-order valence-electron chi connectivity index (χ0n) is 8.12. The lowest BCUT2D eigenvalue weighted by atomic mass is 10.4. The number of aromatic nitrogens is 2. The number of hydrogen-bond acceptors (Lipinski definition) is 3. The van der Waals surface area contributed by atoms with Crippen LogP contribution in [-0.2, 0) is 14.1 Å². The molecule has 0 aromatic carbocycles. The molecule has 0 aliphatic heterocycles. The molecule has 0 radical (unpaired) electrons. The minimum atomic E-state index is -0.0695. The van der Waals surface area contributed by atoms with E-state index >= 15 is 0 Å². The number of thioether (sulfide) groups is 1. The third kappa shape index (κ3) is 1.58. The summed E-state index contributed by atoms with van der Waals surface area (Å²) in [5.74, 6) is 0. The maximum absolute atomic E-state index is 11.6. The van der Waals surface area contributed by atoms with Gasteiger partial charge < -0.3 is 0 Å². The molecule has 1 aromatic heterocycles. The molecule has 0 saturated heterocycles. The van der Waals surface area contributed by atoms with E-state index in [9.17, 15) is 4.79 Å². The van der Waals surface area contributed by atoms with Gasteiger partial charge in [-0.1, -0.05) is 12.2 Å². The van der Waals surface area contributed by atoms with Crippen molar-refractivity contribution in [1.82, 2.24) is 9.13 Å². The summed E-state index contributed by atoms with van der Waals surface area (Å²) in [6, 6.07) is 0. The van der Waals surface area contributed by atoms with Crippen LogP contribution in [0, 0.1) is 11.6 Å². The van der Waals surface area contributed by atoms with Crippen molar-refractivity contribution >= 4 is 24.0 Å². The predicted octanol–water partition coefficient (Wildman–Crippen LogP) is 1.48. The molecule has 3 nitrogen and oxygen atoms in total. The zero-order valence-corrected chi connectivity index (χ0v) is 9.75. The monoisotopic (exact) mass is 216 g/mol. The Kier molecular flexibility index (Phi) is 2.98. The minimum absolute atomic E-state index is 0.0695. The Balaban J connectivity index is 3.78. The first-order valence-corrected chi connectivity index (χ1v) is 5.44. The van der Waals surface area contributed by atoms with Crippen LogP contribution in [0.5, 0.6) is 0 Å².